The maximum atomic E-state index is 11.4. The summed E-state index contributed by atoms with van der Waals surface area (Å²) in [6.45, 7) is 9.05. The highest BCUT2D eigenvalue weighted by atomic mass is 16.2. The first-order valence-electron chi connectivity index (χ1n) is 5.04. The average Bonchev–Trinajstić information content (AvgIpc) is 2.14. The first-order valence-corrected chi connectivity index (χ1v) is 5.04. The SMILES string of the molecule is CCC(C)C(C)NC(=O)N(C)CC. The molecule has 0 aliphatic rings. The van der Waals surface area contributed by atoms with Gasteiger partial charge in [0.05, 0.1) is 0 Å². The molecular weight excluding hydrogens is 164 g/mol. The summed E-state index contributed by atoms with van der Waals surface area (Å²) >= 11 is 0. The molecule has 0 bridgehead atoms. The number of hydrogen-bond donors (Lipinski definition) is 1. The normalized spacial score (nSPS) is 14.8. The van der Waals surface area contributed by atoms with E-state index in [0.717, 1.165) is 13.0 Å². The summed E-state index contributed by atoms with van der Waals surface area (Å²) in [5, 5.41) is 2.97. The average molecular weight is 186 g/mol. The highest BCUT2D eigenvalue weighted by Gasteiger charge is 2.14. The second kappa shape index (κ2) is 5.84. The van der Waals surface area contributed by atoms with E-state index >= 15 is 0 Å². The first-order chi connectivity index (χ1) is 6.02. The van der Waals surface area contributed by atoms with Crippen LogP contribution in [0.15, 0.2) is 0 Å². The zero-order valence-corrected chi connectivity index (χ0v) is 9.42. The quantitative estimate of drug-likeness (QED) is 0.716. The van der Waals surface area contributed by atoms with E-state index in [1.54, 1.807) is 11.9 Å². The predicted molar refractivity (Wildman–Crippen MR) is 55.8 cm³/mol. The lowest BCUT2D eigenvalue weighted by atomic mass is 10.0. The summed E-state index contributed by atoms with van der Waals surface area (Å²) in [7, 11) is 1.80. The van der Waals surface area contributed by atoms with Crippen molar-refractivity contribution in [2.75, 3.05) is 13.6 Å². The van der Waals surface area contributed by atoms with Gasteiger partial charge >= 0.3 is 6.03 Å². The van der Waals surface area contributed by atoms with Gasteiger partial charge in [-0.1, -0.05) is 20.3 Å². The minimum Gasteiger partial charge on any atom is -0.335 e. The highest BCUT2D eigenvalue weighted by molar-refractivity contribution is 5.74. The number of urea groups is 1. The number of amides is 2. The van der Waals surface area contributed by atoms with Crippen LogP contribution in [0.1, 0.15) is 34.1 Å². The molecule has 0 fully saturated rings. The van der Waals surface area contributed by atoms with E-state index in [-0.39, 0.29) is 12.1 Å². The third-order valence-corrected chi connectivity index (χ3v) is 2.67. The molecule has 0 saturated carbocycles. The Morgan fingerprint density at radius 1 is 1.38 bits per heavy atom. The van der Waals surface area contributed by atoms with Crippen LogP contribution in [0.2, 0.25) is 0 Å². The third-order valence-electron chi connectivity index (χ3n) is 2.67. The van der Waals surface area contributed by atoms with Crippen LogP contribution in [0.3, 0.4) is 0 Å². The summed E-state index contributed by atoms with van der Waals surface area (Å²) in [5.74, 6) is 0.536. The Morgan fingerprint density at radius 3 is 2.31 bits per heavy atom. The lowest BCUT2D eigenvalue weighted by Gasteiger charge is -2.23. The minimum absolute atomic E-state index is 0.0234. The summed E-state index contributed by atoms with van der Waals surface area (Å²) in [6, 6.07) is 0.279. The van der Waals surface area contributed by atoms with E-state index in [1.165, 1.54) is 0 Å². The van der Waals surface area contributed by atoms with Gasteiger partial charge in [0, 0.05) is 19.6 Å². The van der Waals surface area contributed by atoms with E-state index < -0.39 is 0 Å². The predicted octanol–water partition coefficient (Wildman–Crippen LogP) is 2.08. The molecule has 0 spiro atoms. The number of nitrogens with one attached hydrogen (secondary N) is 1. The third kappa shape index (κ3) is 4.15. The molecule has 0 aliphatic carbocycles. The largest absolute Gasteiger partial charge is 0.335 e. The fourth-order valence-electron chi connectivity index (χ4n) is 0.944. The van der Waals surface area contributed by atoms with Gasteiger partial charge in [-0.05, 0) is 19.8 Å². The molecule has 0 aromatic carbocycles. The molecule has 2 unspecified atom stereocenters. The highest BCUT2D eigenvalue weighted by Crippen LogP contribution is 2.06. The summed E-state index contributed by atoms with van der Waals surface area (Å²) in [5.41, 5.74) is 0. The van der Waals surface area contributed by atoms with Crippen molar-refractivity contribution in [2.24, 2.45) is 5.92 Å². The maximum Gasteiger partial charge on any atom is 0.317 e. The Bertz CT molecular complexity index is 159. The van der Waals surface area contributed by atoms with Crippen LogP contribution in [0.4, 0.5) is 4.79 Å². The number of carbonyl (C=O) groups excluding carboxylic acids is 1. The van der Waals surface area contributed by atoms with Gasteiger partial charge in [-0.3, -0.25) is 0 Å². The molecule has 0 aromatic rings. The molecule has 3 heteroatoms. The Morgan fingerprint density at radius 2 is 1.92 bits per heavy atom. The van der Waals surface area contributed by atoms with E-state index in [2.05, 4.69) is 26.1 Å². The van der Waals surface area contributed by atoms with Crippen molar-refractivity contribution in [2.45, 2.75) is 40.2 Å². The Balaban J connectivity index is 3.91. The molecule has 2 atom stereocenters. The molecule has 2 amide bonds. The Kier molecular flexibility index (Phi) is 5.51. The van der Waals surface area contributed by atoms with Crippen molar-refractivity contribution in [3.8, 4) is 0 Å². The summed E-state index contributed by atoms with van der Waals surface area (Å²) in [6.07, 6.45) is 1.09. The summed E-state index contributed by atoms with van der Waals surface area (Å²) in [4.78, 5) is 13.1. The van der Waals surface area contributed by atoms with E-state index in [9.17, 15) is 4.79 Å². The van der Waals surface area contributed by atoms with Crippen LogP contribution in [-0.4, -0.2) is 30.6 Å². The maximum absolute atomic E-state index is 11.4. The van der Waals surface area contributed by atoms with Crippen molar-refractivity contribution < 1.29 is 4.79 Å². The lowest BCUT2D eigenvalue weighted by Crippen LogP contribution is -2.44. The second-order valence-corrected chi connectivity index (χ2v) is 3.64. The van der Waals surface area contributed by atoms with Crippen LogP contribution >= 0.6 is 0 Å². The zero-order valence-electron chi connectivity index (χ0n) is 9.42. The van der Waals surface area contributed by atoms with Gasteiger partial charge in [-0.25, -0.2) is 4.79 Å². The van der Waals surface area contributed by atoms with Gasteiger partial charge in [0.25, 0.3) is 0 Å². The molecule has 78 valence electrons. The van der Waals surface area contributed by atoms with Crippen LogP contribution < -0.4 is 5.32 Å². The second-order valence-electron chi connectivity index (χ2n) is 3.64. The van der Waals surface area contributed by atoms with Crippen LogP contribution in [0.25, 0.3) is 0 Å². The molecule has 0 radical (unpaired) electrons. The molecular formula is C10H22N2O. The van der Waals surface area contributed by atoms with E-state index in [4.69, 9.17) is 0 Å². The molecule has 0 aliphatic heterocycles. The zero-order chi connectivity index (χ0) is 10.4. The molecule has 1 N–H and O–H groups in total. The van der Waals surface area contributed by atoms with Gasteiger partial charge in [-0.2, -0.15) is 0 Å². The Labute approximate surface area is 81.5 Å². The molecule has 0 saturated heterocycles. The summed E-state index contributed by atoms with van der Waals surface area (Å²) < 4.78 is 0. The topological polar surface area (TPSA) is 32.3 Å². The van der Waals surface area contributed by atoms with Crippen LogP contribution in [0, 0.1) is 5.92 Å². The number of nitrogens with zero attached hydrogens (tertiary/aromatic N) is 1. The van der Waals surface area contributed by atoms with Crippen LogP contribution in [-0.2, 0) is 0 Å². The fraction of sp³-hybridized carbons (Fsp3) is 0.900. The number of hydrogen-bond acceptors (Lipinski definition) is 1. The monoisotopic (exact) mass is 186 g/mol. The van der Waals surface area contributed by atoms with Gasteiger partial charge < -0.3 is 10.2 Å². The van der Waals surface area contributed by atoms with Gasteiger partial charge in [0.1, 0.15) is 0 Å². The smallest absolute Gasteiger partial charge is 0.317 e. The molecule has 0 heterocycles. The molecule has 13 heavy (non-hydrogen) atoms. The van der Waals surface area contributed by atoms with Gasteiger partial charge in [0.15, 0.2) is 0 Å². The number of carbonyl (C=O) groups is 1. The van der Waals surface area contributed by atoms with Gasteiger partial charge in [0.2, 0.25) is 0 Å². The minimum atomic E-state index is 0.0234. The van der Waals surface area contributed by atoms with Crippen molar-refractivity contribution >= 4 is 6.03 Å². The number of rotatable bonds is 4. The molecule has 0 aromatic heterocycles. The van der Waals surface area contributed by atoms with E-state index in [1.807, 2.05) is 6.92 Å². The van der Waals surface area contributed by atoms with E-state index in [0.29, 0.717) is 5.92 Å². The fourth-order valence-corrected chi connectivity index (χ4v) is 0.944. The van der Waals surface area contributed by atoms with Crippen molar-refractivity contribution in [3.05, 3.63) is 0 Å². The standard InChI is InChI=1S/C10H22N2O/c1-6-8(3)9(4)11-10(13)12(5)7-2/h8-9H,6-7H2,1-5H3,(H,11,13). The lowest BCUT2D eigenvalue weighted by molar-refractivity contribution is 0.203. The molecule has 3 nitrogen and oxygen atoms in total. The first kappa shape index (κ1) is 12.3. The van der Waals surface area contributed by atoms with Crippen molar-refractivity contribution in [3.63, 3.8) is 0 Å². The van der Waals surface area contributed by atoms with Crippen molar-refractivity contribution in [1.82, 2.24) is 10.2 Å². The molecule has 0 rings (SSSR count). The van der Waals surface area contributed by atoms with Crippen molar-refractivity contribution in [1.29, 1.82) is 0 Å². The van der Waals surface area contributed by atoms with Gasteiger partial charge in [-0.15, -0.1) is 0 Å². The Hall–Kier alpha value is -0.730. The van der Waals surface area contributed by atoms with Crippen LogP contribution in [0.5, 0.6) is 0 Å².